The first-order valence-corrected chi connectivity index (χ1v) is 5.43. The zero-order valence-electron chi connectivity index (χ0n) is 9.61. The summed E-state index contributed by atoms with van der Waals surface area (Å²) >= 11 is 0. The zero-order valence-corrected chi connectivity index (χ0v) is 9.61. The van der Waals surface area contributed by atoms with Crippen LogP contribution in [0.25, 0.3) is 0 Å². The minimum Gasteiger partial charge on any atom is -0.424 e. The molecule has 0 aromatic carbocycles. The lowest BCUT2D eigenvalue weighted by molar-refractivity contribution is -0.187. The van der Waals surface area contributed by atoms with E-state index < -0.39 is 18.2 Å². The number of rotatable bonds is 8. The molecule has 0 saturated carbocycles. The maximum Gasteiger partial charge on any atom is 0.322 e. The molecule has 6 nitrogen and oxygen atoms in total. The molecule has 0 unspecified atom stereocenters. The van der Waals surface area contributed by atoms with E-state index in [1.54, 1.807) is 0 Å². The Bertz CT molecular complexity index is 203. The van der Waals surface area contributed by atoms with Crippen molar-refractivity contribution in [3.63, 3.8) is 0 Å². The number of unbranched alkanes of at least 4 members (excludes halogenated alkanes) is 2. The second-order valence-electron chi connectivity index (χ2n) is 3.31. The van der Waals surface area contributed by atoms with Crippen molar-refractivity contribution in [2.75, 3.05) is 13.1 Å². The summed E-state index contributed by atoms with van der Waals surface area (Å²) in [5, 5.41) is 0. The molecule has 0 amide bonds. The Labute approximate surface area is 95.3 Å². The van der Waals surface area contributed by atoms with E-state index in [1.165, 1.54) is 0 Å². The standard InChI is InChI=1S/C10H20N2O4/c1-2-3-4-5-10(15-8(13)6-11)16-9(14)7-12/h10H,2-7,11-12H2,1H3. The van der Waals surface area contributed by atoms with Crippen molar-refractivity contribution >= 4 is 11.9 Å². The number of nitrogens with two attached hydrogens (primary N) is 2. The minimum atomic E-state index is -0.862. The molecule has 0 saturated heterocycles. The van der Waals surface area contributed by atoms with E-state index in [0.29, 0.717) is 6.42 Å². The molecule has 0 aliphatic heterocycles. The molecular formula is C10H20N2O4. The third kappa shape index (κ3) is 7.19. The number of ether oxygens (including phenoxy) is 2. The van der Waals surface area contributed by atoms with Crippen LogP contribution in [0.15, 0.2) is 0 Å². The van der Waals surface area contributed by atoms with Crippen LogP contribution in [0, 0.1) is 0 Å². The summed E-state index contributed by atoms with van der Waals surface area (Å²) in [4.78, 5) is 21.9. The Balaban J connectivity index is 4.04. The highest BCUT2D eigenvalue weighted by Gasteiger charge is 2.16. The van der Waals surface area contributed by atoms with Crippen molar-refractivity contribution in [1.29, 1.82) is 0 Å². The monoisotopic (exact) mass is 232 g/mol. The van der Waals surface area contributed by atoms with Gasteiger partial charge in [0.05, 0.1) is 13.1 Å². The highest BCUT2D eigenvalue weighted by atomic mass is 16.7. The van der Waals surface area contributed by atoms with Gasteiger partial charge in [0, 0.05) is 6.42 Å². The molecule has 0 aromatic heterocycles. The van der Waals surface area contributed by atoms with Crippen LogP contribution in [0.3, 0.4) is 0 Å². The fourth-order valence-electron chi connectivity index (χ4n) is 1.09. The van der Waals surface area contributed by atoms with Crippen LogP contribution in [0.5, 0.6) is 0 Å². The molecule has 94 valence electrons. The molecule has 16 heavy (non-hydrogen) atoms. The van der Waals surface area contributed by atoms with Crippen LogP contribution in [0.4, 0.5) is 0 Å². The number of esters is 2. The van der Waals surface area contributed by atoms with E-state index in [1.807, 2.05) is 6.92 Å². The normalized spacial score (nSPS) is 10.2. The van der Waals surface area contributed by atoms with Gasteiger partial charge < -0.3 is 20.9 Å². The largest absolute Gasteiger partial charge is 0.424 e. The Hall–Kier alpha value is -1.14. The molecule has 0 fully saturated rings. The molecule has 0 heterocycles. The Morgan fingerprint density at radius 2 is 1.56 bits per heavy atom. The fraction of sp³-hybridized carbons (Fsp3) is 0.800. The molecule has 0 aliphatic carbocycles. The number of carbonyl (C=O) groups excluding carboxylic acids is 2. The molecule has 6 heteroatoms. The van der Waals surface area contributed by atoms with Crippen molar-refractivity contribution in [1.82, 2.24) is 0 Å². The Kier molecular flexibility index (Phi) is 8.46. The molecule has 4 N–H and O–H groups in total. The van der Waals surface area contributed by atoms with Crippen molar-refractivity contribution in [2.24, 2.45) is 11.5 Å². The lowest BCUT2D eigenvalue weighted by Crippen LogP contribution is -2.30. The second-order valence-corrected chi connectivity index (χ2v) is 3.31. The average molecular weight is 232 g/mol. The van der Waals surface area contributed by atoms with Crippen molar-refractivity contribution in [3.8, 4) is 0 Å². The molecule has 0 aliphatic rings. The van der Waals surface area contributed by atoms with Gasteiger partial charge in [0.2, 0.25) is 6.29 Å². The van der Waals surface area contributed by atoms with Gasteiger partial charge in [-0.1, -0.05) is 19.8 Å². The molecule has 0 atom stereocenters. The summed E-state index contributed by atoms with van der Waals surface area (Å²) in [6.07, 6.45) is 2.44. The van der Waals surface area contributed by atoms with Crippen LogP contribution in [-0.4, -0.2) is 31.3 Å². The van der Waals surface area contributed by atoms with Crippen molar-refractivity contribution in [3.05, 3.63) is 0 Å². The first-order chi connectivity index (χ1) is 7.63. The SMILES string of the molecule is CCCCCC(OC(=O)CN)OC(=O)CN. The quantitative estimate of drug-likeness (QED) is 0.344. The van der Waals surface area contributed by atoms with E-state index >= 15 is 0 Å². The van der Waals surface area contributed by atoms with Crippen LogP contribution >= 0.6 is 0 Å². The molecule has 0 aromatic rings. The van der Waals surface area contributed by atoms with Gasteiger partial charge in [0.15, 0.2) is 0 Å². The number of carbonyl (C=O) groups is 2. The minimum absolute atomic E-state index is 0.232. The molecule has 0 bridgehead atoms. The van der Waals surface area contributed by atoms with Gasteiger partial charge in [-0.2, -0.15) is 0 Å². The first kappa shape index (κ1) is 14.9. The highest BCUT2D eigenvalue weighted by Crippen LogP contribution is 2.08. The smallest absolute Gasteiger partial charge is 0.322 e. The van der Waals surface area contributed by atoms with Crippen molar-refractivity contribution in [2.45, 2.75) is 38.9 Å². The average Bonchev–Trinajstić information content (AvgIpc) is 2.28. The predicted octanol–water partition coefficient (Wildman–Crippen LogP) is -0.103. The third-order valence-corrected chi connectivity index (χ3v) is 1.90. The summed E-state index contributed by atoms with van der Waals surface area (Å²) in [7, 11) is 0. The van der Waals surface area contributed by atoms with Gasteiger partial charge in [-0.05, 0) is 6.42 Å². The van der Waals surface area contributed by atoms with E-state index in [-0.39, 0.29) is 13.1 Å². The van der Waals surface area contributed by atoms with Crippen LogP contribution < -0.4 is 11.5 Å². The van der Waals surface area contributed by atoms with E-state index in [9.17, 15) is 9.59 Å². The predicted molar refractivity (Wildman–Crippen MR) is 58.2 cm³/mol. The van der Waals surface area contributed by atoms with Crippen molar-refractivity contribution < 1.29 is 19.1 Å². The van der Waals surface area contributed by atoms with E-state index in [4.69, 9.17) is 20.9 Å². The zero-order chi connectivity index (χ0) is 12.4. The fourth-order valence-corrected chi connectivity index (χ4v) is 1.09. The first-order valence-electron chi connectivity index (χ1n) is 5.43. The summed E-state index contributed by atoms with van der Waals surface area (Å²) in [5.74, 6) is -1.18. The molecule has 0 radical (unpaired) electrons. The van der Waals surface area contributed by atoms with E-state index in [2.05, 4.69) is 0 Å². The van der Waals surface area contributed by atoms with Gasteiger partial charge in [-0.25, -0.2) is 0 Å². The Morgan fingerprint density at radius 3 is 1.94 bits per heavy atom. The molecule has 0 spiro atoms. The summed E-state index contributed by atoms with van der Waals surface area (Å²) < 4.78 is 9.71. The topological polar surface area (TPSA) is 105 Å². The lowest BCUT2D eigenvalue weighted by Gasteiger charge is -2.17. The summed E-state index contributed by atoms with van der Waals surface area (Å²) in [6, 6.07) is 0. The highest BCUT2D eigenvalue weighted by molar-refractivity contribution is 5.73. The van der Waals surface area contributed by atoms with Gasteiger partial charge in [0.25, 0.3) is 0 Å². The van der Waals surface area contributed by atoms with Crippen LogP contribution in [0.2, 0.25) is 0 Å². The molecule has 0 rings (SSSR count). The summed E-state index contributed by atoms with van der Waals surface area (Å²) in [6.45, 7) is 1.59. The van der Waals surface area contributed by atoms with Crippen LogP contribution in [0.1, 0.15) is 32.6 Å². The third-order valence-electron chi connectivity index (χ3n) is 1.90. The van der Waals surface area contributed by atoms with Gasteiger partial charge >= 0.3 is 11.9 Å². The maximum atomic E-state index is 11.0. The molecular weight excluding hydrogens is 212 g/mol. The summed E-state index contributed by atoms with van der Waals surface area (Å²) in [5.41, 5.74) is 10.2. The van der Waals surface area contributed by atoms with Gasteiger partial charge in [0.1, 0.15) is 0 Å². The maximum absolute atomic E-state index is 11.0. The van der Waals surface area contributed by atoms with E-state index in [0.717, 1.165) is 19.3 Å². The second kappa shape index (κ2) is 9.11. The van der Waals surface area contributed by atoms with Gasteiger partial charge in [-0.3, -0.25) is 9.59 Å². The Morgan fingerprint density at radius 1 is 1.06 bits per heavy atom. The number of hydrogen-bond acceptors (Lipinski definition) is 6. The number of hydrogen-bond donors (Lipinski definition) is 2. The van der Waals surface area contributed by atoms with Gasteiger partial charge in [-0.15, -0.1) is 0 Å². The van der Waals surface area contributed by atoms with Crippen LogP contribution in [-0.2, 0) is 19.1 Å². The lowest BCUT2D eigenvalue weighted by atomic mass is 10.2.